The number of aromatic amines is 1. The van der Waals surface area contributed by atoms with Gasteiger partial charge in [0.1, 0.15) is 4.88 Å². The molecule has 0 saturated carbocycles. The molecule has 0 bridgehead atoms. The lowest BCUT2D eigenvalue weighted by atomic mass is 9.92. The Labute approximate surface area is 189 Å². The smallest absolute Gasteiger partial charge is 0.350 e. The monoisotopic (exact) mass is 445 g/mol. The highest BCUT2D eigenvalue weighted by Crippen LogP contribution is 2.39. The normalized spacial score (nSPS) is 15.4. The molecule has 3 heterocycles. The molecule has 0 unspecified atom stereocenters. The van der Waals surface area contributed by atoms with E-state index in [1.54, 1.807) is 11.4 Å². The molecule has 7 heteroatoms. The van der Waals surface area contributed by atoms with Gasteiger partial charge in [0.25, 0.3) is 0 Å². The van der Waals surface area contributed by atoms with Crippen LogP contribution in [0.25, 0.3) is 10.9 Å². The van der Waals surface area contributed by atoms with Crippen LogP contribution in [0.1, 0.15) is 38.1 Å². The molecular formula is C25H23N3O3S. The number of hydrogen-bond donors (Lipinski definition) is 2. The third kappa shape index (κ3) is 3.44. The van der Waals surface area contributed by atoms with Gasteiger partial charge in [0.05, 0.1) is 18.8 Å². The number of esters is 1. The van der Waals surface area contributed by atoms with Crippen molar-refractivity contribution < 1.29 is 14.3 Å². The average Bonchev–Trinajstić information content (AvgIpc) is 3.43. The number of carbonyl (C=O) groups is 2. The third-order valence-electron chi connectivity index (χ3n) is 5.97. The summed E-state index contributed by atoms with van der Waals surface area (Å²) in [6.45, 7) is 2.62. The van der Waals surface area contributed by atoms with Gasteiger partial charge in [0.2, 0.25) is 0 Å². The van der Waals surface area contributed by atoms with Crippen LogP contribution < -0.4 is 5.32 Å². The number of carbonyl (C=O) groups excluding carboxylic acids is 2. The van der Waals surface area contributed by atoms with Gasteiger partial charge in [-0.3, -0.25) is 0 Å². The van der Waals surface area contributed by atoms with Gasteiger partial charge in [-0.2, -0.15) is 0 Å². The Bertz CT molecular complexity index is 1310. The van der Waals surface area contributed by atoms with Crippen molar-refractivity contribution in [3.05, 3.63) is 87.2 Å². The number of aryl methyl sites for hydroxylation is 1. The minimum absolute atomic E-state index is 0.247. The van der Waals surface area contributed by atoms with E-state index in [9.17, 15) is 9.59 Å². The number of nitrogens with one attached hydrogen (secondary N) is 2. The zero-order chi connectivity index (χ0) is 22.2. The molecule has 4 aromatic rings. The van der Waals surface area contributed by atoms with Crippen LogP contribution in [0.5, 0.6) is 0 Å². The summed E-state index contributed by atoms with van der Waals surface area (Å²) in [7, 11) is 1.34. The van der Waals surface area contributed by atoms with Crippen LogP contribution >= 0.6 is 11.3 Å². The topological polar surface area (TPSA) is 74.4 Å². The molecule has 1 atom stereocenters. The number of rotatable bonds is 3. The molecule has 0 fully saturated rings. The SMILES string of the molecule is COC(=O)c1sccc1NC(=O)N1CCc2c([nH]c3ccccc23)[C@H]1c1ccc(C)cc1. The Morgan fingerprint density at radius 1 is 1.12 bits per heavy atom. The number of amides is 2. The molecule has 32 heavy (non-hydrogen) atoms. The molecule has 1 aliphatic rings. The van der Waals surface area contributed by atoms with E-state index in [0.717, 1.165) is 23.2 Å². The van der Waals surface area contributed by atoms with Gasteiger partial charge < -0.3 is 19.9 Å². The molecule has 2 amide bonds. The van der Waals surface area contributed by atoms with Gasteiger partial charge in [0, 0.05) is 23.1 Å². The summed E-state index contributed by atoms with van der Waals surface area (Å²) in [6, 6.07) is 17.8. The first-order valence-electron chi connectivity index (χ1n) is 10.5. The summed E-state index contributed by atoms with van der Waals surface area (Å²) in [5.41, 5.74) is 6.03. The van der Waals surface area contributed by atoms with Gasteiger partial charge >= 0.3 is 12.0 Å². The van der Waals surface area contributed by atoms with Gasteiger partial charge in [-0.1, -0.05) is 48.0 Å². The molecule has 0 saturated heterocycles. The quantitative estimate of drug-likeness (QED) is 0.409. The second-order valence-corrected chi connectivity index (χ2v) is 8.82. The van der Waals surface area contributed by atoms with Crippen molar-refractivity contribution >= 4 is 39.9 Å². The molecular weight excluding hydrogens is 422 g/mol. The first kappa shape index (κ1) is 20.3. The Morgan fingerprint density at radius 3 is 2.69 bits per heavy atom. The van der Waals surface area contributed by atoms with E-state index in [1.165, 1.54) is 35.0 Å². The lowest BCUT2D eigenvalue weighted by molar-refractivity contribution is 0.0607. The number of methoxy groups -OCH3 is 1. The number of aromatic nitrogens is 1. The van der Waals surface area contributed by atoms with E-state index in [-0.39, 0.29) is 12.1 Å². The predicted octanol–water partition coefficient (Wildman–Crippen LogP) is 5.50. The summed E-state index contributed by atoms with van der Waals surface area (Å²) in [4.78, 5) is 31.3. The first-order chi connectivity index (χ1) is 15.6. The second-order valence-electron chi connectivity index (χ2n) is 7.90. The fourth-order valence-corrected chi connectivity index (χ4v) is 5.17. The number of benzene rings is 2. The van der Waals surface area contributed by atoms with Crippen molar-refractivity contribution in [2.24, 2.45) is 0 Å². The number of para-hydroxylation sites is 1. The maximum Gasteiger partial charge on any atom is 0.350 e. The van der Waals surface area contributed by atoms with Crippen LogP contribution in [0.15, 0.2) is 60.0 Å². The summed E-state index contributed by atoms with van der Waals surface area (Å²) in [5.74, 6) is -0.457. The van der Waals surface area contributed by atoms with Crippen molar-refractivity contribution in [2.45, 2.75) is 19.4 Å². The minimum Gasteiger partial charge on any atom is -0.465 e. The number of nitrogens with zero attached hydrogens (tertiary/aromatic N) is 1. The van der Waals surface area contributed by atoms with E-state index < -0.39 is 5.97 Å². The number of ether oxygens (including phenoxy) is 1. The van der Waals surface area contributed by atoms with E-state index >= 15 is 0 Å². The number of H-pyrrole nitrogens is 1. The molecule has 0 aliphatic carbocycles. The molecule has 1 aliphatic heterocycles. The highest BCUT2D eigenvalue weighted by atomic mass is 32.1. The van der Waals surface area contributed by atoms with Gasteiger partial charge in [-0.05, 0) is 42.0 Å². The Kier molecular flexibility index (Phi) is 5.19. The highest BCUT2D eigenvalue weighted by Gasteiger charge is 2.35. The van der Waals surface area contributed by atoms with Crippen LogP contribution in [0.3, 0.4) is 0 Å². The van der Waals surface area contributed by atoms with Crippen molar-refractivity contribution in [2.75, 3.05) is 19.0 Å². The van der Waals surface area contributed by atoms with Gasteiger partial charge in [-0.25, -0.2) is 9.59 Å². The van der Waals surface area contributed by atoms with Crippen molar-refractivity contribution in [1.82, 2.24) is 9.88 Å². The number of fused-ring (bicyclic) bond motifs is 3. The number of hydrogen-bond acceptors (Lipinski definition) is 4. The fraction of sp³-hybridized carbons (Fsp3) is 0.200. The molecule has 0 radical (unpaired) electrons. The van der Waals surface area contributed by atoms with Crippen molar-refractivity contribution in [1.29, 1.82) is 0 Å². The first-order valence-corrected chi connectivity index (χ1v) is 11.3. The predicted molar refractivity (Wildman–Crippen MR) is 126 cm³/mol. The highest BCUT2D eigenvalue weighted by molar-refractivity contribution is 7.12. The summed E-state index contributed by atoms with van der Waals surface area (Å²) < 4.78 is 4.85. The zero-order valence-corrected chi connectivity index (χ0v) is 18.7. The molecule has 5 rings (SSSR count). The standard InChI is InChI=1S/C25H23N3O3S/c1-15-7-9-16(10-8-15)22-21-18(17-5-3-4-6-19(17)26-21)11-13-28(22)25(30)27-20-12-14-32-23(20)24(29)31-2/h3-10,12,14,22,26H,11,13H2,1-2H3,(H,27,30)/t22-/m1/s1. The Morgan fingerprint density at radius 2 is 1.91 bits per heavy atom. The lowest BCUT2D eigenvalue weighted by Crippen LogP contribution is -2.43. The fourth-order valence-electron chi connectivity index (χ4n) is 4.40. The van der Waals surface area contributed by atoms with Crippen molar-refractivity contribution in [3.8, 4) is 0 Å². The van der Waals surface area contributed by atoms with E-state index in [0.29, 0.717) is 17.1 Å². The molecule has 2 N–H and O–H groups in total. The summed E-state index contributed by atoms with van der Waals surface area (Å²) in [5, 5.41) is 5.90. The second kappa shape index (κ2) is 8.16. The van der Waals surface area contributed by atoms with Crippen LogP contribution in [0.4, 0.5) is 10.5 Å². The summed E-state index contributed by atoms with van der Waals surface area (Å²) in [6.07, 6.45) is 0.753. The van der Waals surface area contributed by atoms with Crippen LogP contribution in [0.2, 0.25) is 0 Å². The molecule has 0 spiro atoms. The zero-order valence-electron chi connectivity index (χ0n) is 17.8. The average molecular weight is 446 g/mol. The number of anilines is 1. The number of thiophene rings is 1. The van der Waals surface area contributed by atoms with Crippen LogP contribution in [-0.2, 0) is 11.2 Å². The van der Waals surface area contributed by atoms with E-state index in [2.05, 4.69) is 53.6 Å². The Balaban J connectivity index is 1.55. The van der Waals surface area contributed by atoms with Crippen molar-refractivity contribution in [3.63, 3.8) is 0 Å². The maximum atomic E-state index is 13.5. The largest absolute Gasteiger partial charge is 0.465 e. The third-order valence-corrected chi connectivity index (χ3v) is 6.86. The van der Waals surface area contributed by atoms with E-state index in [1.807, 2.05) is 17.0 Å². The van der Waals surface area contributed by atoms with Crippen LogP contribution in [0, 0.1) is 6.92 Å². The molecule has 162 valence electrons. The minimum atomic E-state index is -0.457. The van der Waals surface area contributed by atoms with Gasteiger partial charge in [-0.15, -0.1) is 11.3 Å². The van der Waals surface area contributed by atoms with E-state index in [4.69, 9.17) is 4.74 Å². The lowest BCUT2D eigenvalue weighted by Gasteiger charge is -2.36. The van der Waals surface area contributed by atoms with Gasteiger partial charge in [0.15, 0.2) is 0 Å². The summed E-state index contributed by atoms with van der Waals surface area (Å²) >= 11 is 1.25. The molecule has 6 nitrogen and oxygen atoms in total. The maximum absolute atomic E-state index is 13.5. The molecule has 2 aromatic heterocycles. The number of urea groups is 1. The Hall–Kier alpha value is -3.58. The van der Waals surface area contributed by atoms with Crippen LogP contribution in [-0.4, -0.2) is 35.5 Å². The molecule has 2 aromatic carbocycles.